The van der Waals surface area contributed by atoms with Crippen molar-refractivity contribution in [1.29, 1.82) is 0 Å². The first-order valence-corrected chi connectivity index (χ1v) is 10.7. The summed E-state index contributed by atoms with van der Waals surface area (Å²) in [7, 11) is 5.29. The molecule has 0 aromatic carbocycles. The van der Waals surface area contributed by atoms with E-state index in [2.05, 4.69) is 32.3 Å². The second-order valence-electron chi connectivity index (χ2n) is 8.01. The van der Waals surface area contributed by atoms with Gasteiger partial charge in [-0.2, -0.15) is 0 Å². The molecule has 2 aliphatic heterocycles. The van der Waals surface area contributed by atoms with Gasteiger partial charge in [-0.25, -0.2) is 4.99 Å². The second-order valence-corrected chi connectivity index (χ2v) is 8.01. The number of ether oxygens (including phenoxy) is 1. The lowest BCUT2D eigenvalue weighted by Gasteiger charge is -2.33. The average molecular weight is 524 g/mol. The van der Waals surface area contributed by atoms with Gasteiger partial charge in [0.25, 0.3) is 0 Å². The normalized spacial score (nSPS) is 21.7. The van der Waals surface area contributed by atoms with Crippen LogP contribution in [0.4, 0.5) is 0 Å². The number of rotatable bonds is 9. The van der Waals surface area contributed by atoms with Crippen LogP contribution in [0.25, 0.3) is 0 Å². The van der Waals surface area contributed by atoms with Crippen molar-refractivity contribution in [2.75, 3.05) is 73.6 Å². The molecule has 29 heavy (non-hydrogen) atoms. The molecular formula is C20H41IN6O2. The molecule has 2 heterocycles. The minimum atomic E-state index is 0. The van der Waals surface area contributed by atoms with Crippen molar-refractivity contribution in [3.05, 3.63) is 0 Å². The topological polar surface area (TPSA) is 72.4 Å². The van der Waals surface area contributed by atoms with Gasteiger partial charge in [0.15, 0.2) is 5.96 Å². The number of likely N-dealkylation sites (tertiary alicyclic amines) is 2. The van der Waals surface area contributed by atoms with E-state index >= 15 is 0 Å². The van der Waals surface area contributed by atoms with Gasteiger partial charge in [-0.15, -0.1) is 24.0 Å². The number of methoxy groups -OCH3 is 1. The maximum Gasteiger partial charge on any atom is 0.243 e. The molecule has 2 N–H and O–H groups in total. The number of carbonyl (C=O) groups excluding carboxylic acids is 1. The molecule has 0 spiro atoms. The minimum absolute atomic E-state index is 0. The molecule has 0 bridgehead atoms. The lowest BCUT2D eigenvalue weighted by Crippen LogP contribution is -2.51. The first kappa shape index (κ1) is 26.4. The Morgan fingerprint density at radius 3 is 2.55 bits per heavy atom. The molecule has 9 heteroatoms. The van der Waals surface area contributed by atoms with Crippen molar-refractivity contribution in [3.63, 3.8) is 0 Å². The minimum Gasteiger partial charge on any atom is -0.383 e. The summed E-state index contributed by atoms with van der Waals surface area (Å²) in [6.45, 7) is 9.46. The molecule has 0 radical (unpaired) electrons. The van der Waals surface area contributed by atoms with Crippen LogP contribution >= 0.6 is 24.0 Å². The Labute approximate surface area is 193 Å². The van der Waals surface area contributed by atoms with Crippen molar-refractivity contribution in [1.82, 2.24) is 25.3 Å². The van der Waals surface area contributed by atoms with E-state index in [0.717, 1.165) is 58.1 Å². The van der Waals surface area contributed by atoms with Crippen LogP contribution in [-0.2, 0) is 9.53 Å². The number of piperidine rings is 1. The van der Waals surface area contributed by atoms with E-state index in [1.165, 1.54) is 19.4 Å². The second kappa shape index (κ2) is 14.4. The highest BCUT2D eigenvalue weighted by Crippen LogP contribution is 2.15. The van der Waals surface area contributed by atoms with Crippen LogP contribution in [0.15, 0.2) is 4.99 Å². The van der Waals surface area contributed by atoms with Crippen molar-refractivity contribution >= 4 is 35.8 Å². The molecule has 8 nitrogen and oxygen atoms in total. The summed E-state index contributed by atoms with van der Waals surface area (Å²) in [5.41, 5.74) is 0. The molecule has 0 saturated carbocycles. The van der Waals surface area contributed by atoms with E-state index in [-0.39, 0.29) is 36.4 Å². The standard InChI is InChI=1S/C20H40N6O2.HI/c1-5-26-10-6-7-18(26)15-21-20(22-16-19(27)24(2)3)23-17-8-11-25(12-9-17)13-14-28-4;/h17-18H,5-16H2,1-4H3,(H2,21,22,23);1H. The highest BCUT2D eigenvalue weighted by Gasteiger charge is 2.24. The van der Waals surface area contributed by atoms with E-state index in [4.69, 9.17) is 4.74 Å². The summed E-state index contributed by atoms with van der Waals surface area (Å²) in [4.78, 5) is 23.1. The summed E-state index contributed by atoms with van der Waals surface area (Å²) in [6.07, 6.45) is 4.65. The average Bonchev–Trinajstić information content (AvgIpc) is 3.16. The Hall–Kier alpha value is -0.650. The first-order chi connectivity index (χ1) is 13.5. The quantitative estimate of drug-likeness (QED) is 0.265. The number of aliphatic imine (C=N–C) groups is 1. The molecule has 2 fully saturated rings. The number of guanidine groups is 1. The number of nitrogens with zero attached hydrogens (tertiary/aromatic N) is 4. The van der Waals surface area contributed by atoms with Crippen LogP contribution in [0.5, 0.6) is 0 Å². The zero-order valence-electron chi connectivity index (χ0n) is 18.7. The Morgan fingerprint density at radius 2 is 1.93 bits per heavy atom. The predicted molar refractivity (Wildman–Crippen MR) is 129 cm³/mol. The van der Waals surface area contributed by atoms with Gasteiger partial charge in [0.2, 0.25) is 5.91 Å². The fourth-order valence-corrected chi connectivity index (χ4v) is 3.91. The van der Waals surface area contributed by atoms with Gasteiger partial charge in [0.05, 0.1) is 6.61 Å². The van der Waals surface area contributed by atoms with Gasteiger partial charge >= 0.3 is 0 Å². The van der Waals surface area contributed by atoms with Gasteiger partial charge < -0.3 is 25.2 Å². The van der Waals surface area contributed by atoms with E-state index in [9.17, 15) is 4.79 Å². The summed E-state index contributed by atoms with van der Waals surface area (Å²) in [6, 6.07) is 0.947. The van der Waals surface area contributed by atoms with E-state index in [1.807, 2.05) is 0 Å². The molecule has 2 saturated heterocycles. The van der Waals surface area contributed by atoms with Crippen LogP contribution in [-0.4, -0.2) is 112 Å². The fraction of sp³-hybridized carbons (Fsp3) is 0.900. The van der Waals surface area contributed by atoms with Crippen LogP contribution in [0, 0.1) is 0 Å². The van der Waals surface area contributed by atoms with Crippen LogP contribution < -0.4 is 10.6 Å². The summed E-state index contributed by atoms with van der Waals surface area (Å²) < 4.78 is 5.18. The number of nitrogens with one attached hydrogen (secondary N) is 2. The van der Waals surface area contributed by atoms with Gasteiger partial charge in [0, 0.05) is 59.5 Å². The molecule has 1 atom stereocenters. The summed E-state index contributed by atoms with van der Waals surface area (Å²) in [5.74, 6) is 0.792. The van der Waals surface area contributed by atoms with Crippen LogP contribution in [0.2, 0.25) is 0 Å². The zero-order chi connectivity index (χ0) is 20.4. The number of halogens is 1. The summed E-state index contributed by atoms with van der Waals surface area (Å²) in [5, 5.41) is 7.08. The first-order valence-electron chi connectivity index (χ1n) is 10.7. The molecule has 0 aromatic rings. The van der Waals surface area contributed by atoms with Crippen molar-refractivity contribution < 1.29 is 9.53 Å². The Balaban J connectivity index is 0.00000420. The van der Waals surface area contributed by atoms with Crippen molar-refractivity contribution in [3.8, 4) is 0 Å². The predicted octanol–water partition coefficient (Wildman–Crippen LogP) is 0.823. The van der Waals surface area contributed by atoms with Gasteiger partial charge in [-0.05, 0) is 38.8 Å². The monoisotopic (exact) mass is 524 g/mol. The number of carbonyl (C=O) groups is 1. The maximum atomic E-state index is 12.0. The highest BCUT2D eigenvalue weighted by molar-refractivity contribution is 14.0. The lowest BCUT2D eigenvalue weighted by atomic mass is 10.1. The zero-order valence-corrected chi connectivity index (χ0v) is 21.0. The molecule has 0 aliphatic carbocycles. The SMILES string of the molecule is CCN1CCCC1CNC(=NCC(=O)N(C)C)NC1CCN(CCOC)CC1.I. The molecule has 170 valence electrons. The van der Waals surface area contributed by atoms with E-state index in [1.54, 1.807) is 26.1 Å². The highest BCUT2D eigenvalue weighted by atomic mass is 127. The number of hydrogen-bond acceptors (Lipinski definition) is 5. The van der Waals surface area contributed by atoms with Gasteiger partial charge in [-0.1, -0.05) is 6.92 Å². The maximum absolute atomic E-state index is 12.0. The molecule has 1 amide bonds. The van der Waals surface area contributed by atoms with Gasteiger partial charge in [0.1, 0.15) is 6.54 Å². The van der Waals surface area contributed by atoms with Crippen molar-refractivity contribution in [2.24, 2.45) is 4.99 Å². The van der Waals surface area contributed by atoms with Crippen molar-refractivity contribution in [2.45, 2.75) is 44.7 Å². The Kier molecular flexibility index (Phi) is 13.1. The molecule has 2 aliphatic rings. The number of hydrogen-bond donors (Lipinski definition) is 2. The molecule has 2 rings (SSSR count). The smallest absolute Gasteiger partial charge is 0.243 e. The number of amides is 1. The molecule has 0 aromatic heterocycles. The lowest BCUT2D eigenvalue weighted by molar-refractivity contribution is -0.127. The third-order valence-corrected chi connectivity index (χ3v) is 5.82. The Bertz CT molecular complexity index is 497. The third kappa shape index (κ3) is 9.35. The Morgan fingerprint density at radius 1 is 1.21 bits per heavy atom. The summed E-state index contributed by atoms with van der Waals surface area (Å²) >= 11 is 0. The fourth-order valence-electron chi connectivity index (χ4n) is 3.91. The molecule has 1 unspecified atom stereocenters. The van der Waals surface area contributed by atoms with Crippen LogP contribution in [0.1, 0.15) is 32.6 Å². The third-order valence-electron chi connectivity index (χ3n) is 5.82. The van der Waals surface area contributed by atoms with Gasteiger partial charge in [-0.3, -0.25) is 9.69 Å². The van der Waals surface area contributed by atoms with E-state index < -0.39 is 0 Å². The number of likely N-dealkylation sites (N-methyl/N-ethyl adjacent to an activating group) is 2. The van der Waals surface area contributed by atoms with Crippen LogP contribution in [0.3, 0.4) is 0 Å². The molecular weight excluding hydrogens is 483 g/mol. The van der Waals surface area contributed by atoms with E-state index in [0.29, 0.717) is 12.1 Å². The largest absolute Gasteiger partial charge is 0.383 e.